The summed E-state index contributed by atoms with van der Waals surface area (Å²) in [5.74, 6) is -0.246. The number of anilines is 1. The Morgan fingerprint density at radius 2 is 1.60 bits per heavy atom. The number of quaternary nitrogens is 1. The molecule has 1 heterocycles. The standard InChI is InChI=1S/C43H60F2N5OS/c1-12-20-50(21-13-2,22-14-3)23-19-46-32(6)33-25-38(45)36(39(26-33)48(9)10)29-52-42-47-28-41(43(7,8)34-16-15-30(4)31(5)24-34)49(42)35-17-18-37(44)40(27-35)51-11/h15-18,24-28,46H,6,12-14,19-23,29H2,1-5,7-11H3/q+1. The van der Waals surface area contributed by atoms with Gasteiger partial charge in [-0.15, -0.1) is 0 Å². The Kier molecular flexibility index (Phi) is 14.0. The fourth-order valence-electron chi connectivity index (χ4n) is 7.31. The van der Waals surface area contributed by atoms with Gasteiger partial charge in [-0.2, -0.15) is 0 Å². The topological polar surface area (TPSA) is 42.3 Å². The van der Waals surface area contributed by atoms with Crippen LogP contribution in [-0.2, 0) is 11.2 Å². The number of hydrogen-bond donors (Lipinski definition) is 1. The highest BCUT2D eigenvalue weighted by Gasteiger charge is 2.31. The first-order valence-corrected chi connectivity index (χ1v) is 19.6. The maximum atomic E-state index is 16.2. The normalized spacial score (nSPS) is 11.9. The second-order valence-electron chi connectivity index (χ2n) is 14.8. The predicted molar refractivity (Wildman–Crippen MR) is 216 cm³/mol. The van der Waals surface area contributed by atoms with Gasteiger partial charge in [-0.3, -0.25) is 4.57 Å². The van der Waals surface area contributed by atoms with Crippen molar-refractivity contribution in [3.05, 3.63) is 106 Å². The first kappa shape index (κ1) is 40.9. The fraction of sp³-hybridized carbons (Fsp3) is 0.465. The van der Waals surface area contributed by atoms with E-state index >= 15 is 4.39 Å². The summed E-state index contributed by atoms with van der Waals surface area (Å²) in [5.41, 5.74) is 7.60. The highest BCUT2D eigenvalue weighted by Crippen LogP contribution is 2.39. The molecule has 0 saturated carbocycles. The van der Waals surface area contributed by atoms with Gasteiger partial charge in [0.2, 0.25) is 0 Å². The Morgan fingerprint density at radius 3 is 2.19 bits per heavy atom. The van der Waals surface area contributed by atoms with E-state index in [4.69, 9.17) is 9.72 Å². The highest BCUT2D eigenvalue weighted by molar-refractivity contribution is 7.98. The van der Waals surface area contributed by atoms with Gasteiger partial charge in [0, 0.05) is 53.8 Å². The van der Waals surface area contributed by atoms with Crippen LogP contribution < -0.4 is 15.0 Å². The van der Waals surface area contributed by atoms with Crippen LogP contribution in [0.5, 0.6) is 5.75 Å². The predicted octanol–water partition coefficient (Wildman–Crippen LogP) is 10.1. The van der Waals surface area contributed by atoms with Gasteiger partial charge >= 0.3 is 0 Å². The first-order valence-electron chi connectivity index (χ1n) is 18.6. The Bertz CT molecular complexity index is 1820. The fourth-order valence-corrected chi connectivity index (χ4v) is 8.33. The lowest BCUT2D eigenvalue weighted by molar-refractivity contribution is -0.927. The summed E-state index contributed by atoms with van der Waals surface area (Å²) in [7, 11) is 5.33. The van der Waals surface area contributed by atoms with Crippen molar-refractivity contribution >= 4 is 23.1 Å². The first-order chi connectivity index (χ1) is 24.7. The number of aryl methyl sites for hydroxylation is 2. The minimum Gasteiger partial charge on any atom is -0.494 e. The Balaban J connectivity index is 1.66. The molecule has 9 heteroatoms. The number of ether oxygens (including phenoxy) is 1. The summed E-state index contributed by atoms with van der Waals surface area (Å²) in [4.78, 5) is 6.84. The molecule has 6 nitrogen and oxygen atoms in total. The minimum absolute atomic E-state index is 0.146. The second kappa shape index (κ2) is 17.8. The third-order valence-corrected chi connectivity index (χ3v) is 11.3. The molecule has 1 aromatic heterocycles. The van der Waals surface area contributed by atoms with Crippen LogP contribution in [0, 0.1) is 25.5 Å². The molecule has 0 unspecified atom stereocenters. The molecule has 0 aliphatic rings. The smallest absolute Gasteiger partial charge is 0.173 e. The number of aromatic nitrogens is 2. The third kappa shape index (κ3) is 9.21. The SMILES string of the molecule is C=C(NCC[N+](CCC)(CCC)CCC)c1cc(F)c(CSc2ncc(C(C)(C)c3ccc(C)c(C)c3)n2-c2ccc(F)c(OC)c2)c(N(C)C)c1. The van der Waals surface area contributed by atoms with Crippen molar-refractivity contribution in [1.82, 2.24) is 14.9 Å². The molecule has 0 atom stereocenters. The average molecular weight is 733 g/mol. The molecular weight excluding hydrogens is 673 g/mol. The van der Waals surface area contributed by atoms with Gasteiger partial charge in [0.25, 0.3) is 0 Å². The van der Waals surface area contributed by atoms with Gasteiger partial charge in [0.15, 0.2) is 16.7 Å². The van der Waals surface area contributed by atoms with E-state index in [1.165, 1.54) is 55.7 Å². The van der Waals surface area contributed by atoms with Crippen LogP contribution in [0.2, 0.25) is 0 Å². The summed E-state index contributed by atoms with van der Waals surface area (Å²) < 4.78 is 39.3. The largest absolute Gasteiger partial charge is 0.494 e. The van der Waals surface area contributed by atoms with Crippen molar-refractivity contribution in [2.75, 3.05) is 58.8 Å². The summed E-state index contributed by atoms with van der Waals surface area (Å²) in [6.07, 6.45) is 5.34. The molecule has 0 saturated heterocycles. The molecular formula is C43H60F2N5OS+. The summed E-state index contributed by atoms with van der Waals surface area (Å²) in [6.45, 7) is 24.9. The van der Waals surface area contributed by atoms with E-state index in [1.54, 1.807) is 18.2 Å². The van der Waals surface area contributed by atoms with E-state index in [2.05, 4.69) is 78.6 Å². The van der Waals surface area contributed by atoms with Crippen LogP contribution in [-0.4, -0.2) is 68.0 Å². The lowest BCUT2D eigenvalue weighted by Gasteiger charge is -2.38. The summed E-state index contributed by atoms with van der Waals surface area (Å²) in [5, 5.41) is 4.20. The van der Waals surface area contributed by atoms with Crippen molar-refractivity contribution < 1.29 is 18.0 Å². The van der Waals surface area contributed by atoms with Gasteiger partial charge in [-0.25, -0.2) is 13.8 Å². The number of rotatable bonds is 19. The zero-order chi connectivity index (χ0) is 38.2. The summed E-state index contributed by atoms with van der Waals surface area (Å²) >= 11 is 1.45. The molecule has 52 heavy (non-hydrogen) atoms. The van der Waals surface area contributed by atoms with Gasteiger partial charge in [0.1, 0.15) is 5.82 Å². The molecule has 282 valence electrons. The van der Waals surface area contributed by atoms with E-state index in [0.29, 0.717) is 16.5 Å². The number of halogens is 2. The van der Waals surface area contributed by atoms with E-state index in [9.17, 15) is 4.39 Å². The molecule has 4 rings (SSSR count). The lowest BCUT2D eigenvalue weighted by Crippen LogP contribution is -2.52. The zero-order valence-corrected chi connectivity index (χ0v) is 33.9. The Hall–Kier alpha value is -3.82. The van der Waals surface area contributed by atoms with Crippen LogP contribution in [0.3, 0.4) is 0 Å². The quantitative estimate of drug-likeness (QED) is 0.0768. The zero-order valence-electron chi connectivity index (χ0n) is 33.1. The molecule has 0 spiro atoms. The average Bonchev–Trinajstić information content (AvgIpc) is 3.54. The van der Waals surface area contributed by atoms with Crippen LogP contribution in [0.25, 0.3) is 11.4 Å². The molecule has 0 fully saturated rings. The van der Waals surface area contributed by atoms with Crippen molar-refractivity contribution in [1.29, 1.82) is 0 Å². The molecule has 0 radical (unpaired) electrons. The van der Waals surface area contributed by atoms with Crippen LogP contribution in [0.1, 0.15) is 87.4 Å². The van der Waals surface area contributed by atoms with Gasteiger partial charge in [0.05, 0.1) is 57.4 Å². The molecule has 1 N–H and O–H groups in total. The van der Waals surface area contributed by atoms with Crippen LogP contribution >= 0.6 is 11.8 Å². The van der Waals surface area contributed by atoms with Crippen molar-refractivity contribution in [3.8, 4) is 11.4 Å². The molecule has 4 aromatic rings. The van der Waals surface area contributed by atoms with Gasteiger partial charge in [-0.05, 0) is 74.1 Å². The van der Waals surface area contributed by atoms with E-state index in [1.807, 2.05) is 35.8 Å². The molecule has 0 amide bonds. The van der Waals surface area contributed by atoms with Crippen LogP contribution in [0.15, 0.2) is 66.5 Å². The van der Waals surface area contributed by atoms with Gasteiger partial charge < -0.3 is 19.4 Å². The molecule has 3 aromatic carbocycles. The number of benzene rings is 3. The van der Waals surface area contributed by atoms with E-state index in [-0.39, 0.29) is 11.6 Å². The van der Waals surface area contributed by atoms with Crippen molar-refractivity contribution in [2.45, 2.75) is 84.1 Å². The second-order valence-corrected chi connectivity index (χ2v) is 15.7. The third-order valence-electron chi connectivity index (χ3n) is 10.4. The van der Waals surface area contributed by atoms with E-state index < -0.39 is 11.2 Å². The number of imidazole rings is 1. The number of methoxy groups -OCH3 is 1. The number of hydrogen-bond acceptors (Lipinski definition) is 5. The Morgan fingerprint density at radius 1 is 0.923 bits per heavy atom. The van der Waals surface area contributed by atoms with E-state index in [0.717, 1.165) is 70.7 Å². The van der Waals surface area contributed by atoms with Crippen molar-refractivity contribution in [2.24, 2.45) is 0 Å². The number of thioether (sulfide) groups is 1. The Labute approximate surface area is 315 Å². The number of nitrogens with one attached hydrogen (secondary N) is 1. The highest BCUT2D eigenvalue weighted by atomic mass is 32.2. The molecule has 0 bridgehead atoms. The monoisotopic (exact) mass is 732 g/mol. The number of nitrogens with zero attached hydrogens (tertiary/aromatic N) is 4. The van der Waals surface area contributed by atoms with Gasteiger partial charge in [-0.1, -0.05) is 71.2 Å². The maximum absolute atomic E-state index is 16.2. The molecule has 0 aliphatic carbocycles. The van der Waals surface area contributed by atoms with Crippen molar-refractivity contribution in [3.63, 3.8) is 0 Å². The lowest BCUT2D eigenvalue weighted by atomic mass is 9.80. The summed E-state index contributed by atoms with van der Waals surface area (Å²) in [6, 6.07) is 15.0. The van der Waals surface area contributed by atoms with Crippen LogP contribution in [0.4, 0.5) is 14.5 Å². The maximum Gasteiger partial charge on any atom is 0.173 e. The minimum atomic E-state index is -0.455. The molecule has 0 aliphatic heterocycles.